The van der Waals surface area contributed by atoms with E-state index >= 15 is 0 Å². The van der Waals surface area contributed by atoms with Crippen molar-refractivity contribution in [3.63, 3.8) is 0 Å². The zero-order valence-corrected chi connectivity index (χ0v) is 13.1. The second kappa shape index (κ2) is 6.04. The van der Waals surface area contributed by atoms with Crippen LogP contribution in [-0.4, -0.2) is 55.7 Å². The Morgan fingerprint density at radius 1 is 1.38 bits per heavy atom. The molecule has 21 heavy (non-hydrogen) atoms. The first-order chi connectivity index (χ1) is 10.1. The first kappa shape index (κ1) is 15.0. The topological polar surface area (TPSA) is 90.1 Å². The number of sulfonamides is 1. The van der Waals surface area contributed by atoms with Crippen molar-refractivity contribution in [3.8, 4) is 0 Å². The molecule has 0 atom stereocenters. The van der Waals surface area contributed by atoms with Gasteiger partial charge >= 0.3 is 0 Å². The van der Waals surface area contributed by atoms with E-state index in [1.165, 1.54) is 25.7 Å². The van der Waals surface area contributed by atoms with E-state index in [0.29, 0.717) is 30.7 Å². The zero-order chi connectivity index (χ0) is 14.9. The maximum atomic E-state index is 12.3. The molecule has 8 heteroatoms. The average molecular weight is 313 g/mol. The molecule has 118 valence electrons. The van der Waals surface area contributed by atoms with E-state index in [1.807, 2.05) is 7.05 Å². The fraction of sp³-hybridized carbons (Fsp3) is 0.769. The second-order valence-electron chi connectivity index (χ2n) is 5.99. The highest BCUT2D eigenvalue weighted by Gasteiger charge is 2.27. The number of aromatic nitrogens is 2. The van der Waals surface area contributed by atoms with Gasteiger partial charge in [-0.15, -0.1) is 0 Å². The molecule has 7 nitrogen and oxygen atoms in total. The summed E-state index contributed by atoms with van der Waals surface area (Å²) in [5.41, 5.74) is 0.699. The lowest BCUT2D eigenvalue weighted by Gasteiger charge is -2.15. The van der Waals surface area contributed by atoms with E-state index in [1.54, 1.807) is 6.20 Å². The van der Waals surface area contributed by atoms with Gasteiger partial charge in [-0.1, -0.05) is 0 Å². The highest BCUT2D eigenvalue weighted by Crippen LogP contribution is 2.24. The van der Waals surface area contributed by atoms with Crippen LogP contribution in [0.25, 0.3) is 0 Å². The van der Waals surface area contributed by atoms with Gasteiger partial charge in [-0.05, 0) is 32.7 Å². The van der Waals surface area contributed by atoms with E-state index in [0.717, 1.165) is 6.54 Å². The standard InChI is InChI=1S/C13H23N5O2S/c1-18(12-4-5-12)7-6-16-21(19,20)13-10(9-15-17-13)8-14-11-2-3-11/h9,11-12,14,16H,2-8H2,1H3,(H,15,17). The van der Waals surface area contributed by atoms with Crippen molar-refractivity contribution in [3.05, 3.63) is 11.8 Å². The zero-order valence-electron chi connectivity index (χ0n) is 12.3. The van der Waals surface area contributed by atoms with Crippen molar-refractivity contribution in [2.45, 2.75) is 49.3 Å². The molecule has 1 heterocycles. The molecule has 2 saturated carbocycles. The Bertz CT molecular complexity index is 577. The van der Waals surface area contributed by atoms with Gasteiger partial charge < -0.3 is 10.2 Å². The number of hydrogen-bond acceptors (Lipinski definition) is 5. The first-order valence-corrected chi connectivity index (χ1v) is 9.00. The minimum Gasteiger partial charge on any atom is -0.310 e. The van der Waals surface area contributed by atoms with E-state index in [2.05, 4.69) is 25.1 Å². The Kier molecular flexibility index (Phi) is 4.30. The van der Waals surface area contributed by atoms with Crippen LogP contribution >= 0.6 is 0 Å². The van der Waals surface area contributed by atoms with Gasteiger partial charge in [0, 0.05) is 37.3 Å². The van der Waals surface area contributed by atoms with Crippen LogP contribution in [-0.2, 0) is 16.6 Å². The summed E-state index contributed by atoms with van der Waals surface area (Å²) in [6.45, 7) is 1.69. The highest BCUT2D eigenvalue weighted by molar-refractivity contribution is 7.89. The summed E-state index contributed by atoms with van der Waals surface area (Å²) in [5, 5.41) is 9.98. The summed E-state index contributed by atoms with van der Waals surface area (Å²) >= 11 is 0. The molecule has 0 spiro atoms. The van der Waals surface area contributed by atoms with Crippen molar-refractivity contribution in [1.29, 1.82) is 0 Å². The van der Waals surface area contributed by atoms with Crippen molar-refractivity contribution >= 4 is 10.0 Å². The van der Waals surface area contributed by atoms with Gasteiger partial charge in [0.2, 0.25) is 0 Å². The number of hydrogen-bond donors (Lipinski definition) is 3. The molecule has 0 unspecified atom stereocenters. The van der Waals surface area contributed by atoms with Crippen molar-refractivity contribution in [2.24, 2.45) is 0 Å². The van der Waals surface area contributed by atoms with Crippen LogP contribution in [0.3, 0.4) is 0 Å². The molecule has 3 rings (SSSR count). The number of rotatable bonds is 9. The Morgan fingerprint density at radius 3 is 2.81 bits per heavy atom. The highest BCUT2D eigenvalue weighted by atomic mass is 32.2. The number of likely N-dealkylation sites (N-methyl/N-ethyl adjacent to an activating group) is 1. The molecule has 3 N–H and O–H groups in total. The molecule has 1 aromatic rings. The summed E-state index contributed by atoms with van der Waals surface area (Å²) in [5.74, 6) is 0. The lowest BCUT2D eigenvalue weighted by atomic mass is 10.3. The number of aromatic amines is 1. The Labute approximate surface area is 125 Å². The Hall–Kier alpha value is -0.960. The summed E-state index contributed by atoms with van der Waals surface area (Å²) in [7, 11) is -1.48. The van der Waals surface area contributed by atoms with Gasteiger partial charge in [0.25, 0.3) is 10.0 Å². The van der Waals surface area contributed by atoms with Gasteiger partial charge in [-0.25, -0.2) is 13.1 Å². The third kappa shape index (κ3) is 4.03. The van der Waals surface area contributed by atoms with Gasteiger partial charge in [-0.2, -0.15) is 5.10 Å². The fourth-order valence-corrected chi connectivity index (χ4v) is 3.47. The molecule has 0 amide bonds. The molecular formula is C13H23N5O2S. The first-order valence-electron chi connectivity index (χ1n) is 7.52. The molecule has 0 saturated heterocycles. The van der Waals surface area contributed by atoms with Crippen LogP contribution in [0.1, 0.15) is 31.2 Å². The minimum atomic E-state index is -3.51. The molecule has 1 aromatic heterocycles. The van der Waals surface area contributed by atoms with Crippen molar-refractivity contribution in [2.75, 3.05) is 20.1 Å². The summed E-state index contributed by atoms with van der Waals surface area (Å²) < 4.78 is 27.3. The minimum absolute atomic E-state index is 0.185. The quantitative estimate of drug-likeness (QED) is 0.599. The summed E-state index contributed by atoms with van der Waals surface area (Å²) in [6.07, 6.45) is 6.37. The van der Waals surface area contributed by atoms with Crippen LogP contribution in [0.2, 0.25) is 0 Å². The molecule has 0 aromatic carbocycles. The normalized spacial score (nSPS) is 19.3. The number of H-pyrrole nitrogens is 1. The monoisotopic (exact) mass is 313 g/mol. The Balaban J connectivity index is 1.54. The number of nitrogens with zero attached hydrogens (tertiary/aromatic N) is 2. The van der Waals surface area contributed by atoms with Gasteiger partial charge in [0.1, 0.15) is 0 Å². The maximum Gasteiger partial charge on any atom is 0.257 e. The third-order valence-corrected chi connectivity index (χ3v) is 5.51. The smallest absolute Gasteiger partial charge is 0.257 e. The lowest BCUT2D eigenvalue weighted by Crippen LogP contribution is -2.34. The van der Waals surface area contributed by atoms with Crippen LogP contribution in [0.4, 0.5) is 0 Å². The predicted molar refractivity (Wildman–Crippen MR) is 79.3 cm³/mol. The fourth-order valence-electron chi connectivity index (χ4n) is 2.33. The average Bonchev–Trinajstić information content (AvgIpc) is 3.35. The number of nitrogens with one attached hydrogen (secondary N) is 3. The van der Waals surface area contributed by atoms with Crippen LogP contribution in [0.5, 0.6) is 0 Å². The SMILES string of the molecule is CN(CCNS(=O)(=O)c1[nH]ncc1CNC1CC1)C1CC1. The van der Waals surface area contributed by atoms with Gasteiger partial charge in [0.15, 0.2) is 5.03 Å². The lowest BCUT2D eigenvalue weighted by molar-refractivity contribution is 0.329. The van der Waals surface area contributed by atoms with Crippen molar-refractivity contribution in [1.82, 2.24) is 25.1 Å². The molecule has 2 aliphatic carbocycles. The molecule has 2 fully saturated rings. The van der Waals surface area contributed by atoms with Gasteiger partial charge in [-0.3, -0.25) is 5.10 Å². The van der Waals surface area contributed by atoms with Crippen molar-refractivity contribution < 1.29 is 8.42 Å². The Morgan fingerprint density at radius 2 is 2.14 bits per heavy atom. The van der Waals surface area contributed by atoms with E-state index in [-0.39, 0.29) is 5.03 Å². The van der Waals surface area contributed by atoms with Crippen LogP contribution in [0, 0.1) is 0 Å². The predicted octanol–water partition coefficient (Wildman–Crippen LogP) is 0.0342. The maximum absolute atomic E-state index is 12.3. The van der Waals surface area contributed by atoms with E-state index < -0.39 is 10.0 Å². The van der Waals surface area contributed by atoms with Crippen LogP contribution < -0.4 is 10.0 Å². The molecule has 2 aliphatic rings. The summed E-state index contributed by atoms with van der Waals surface area (Å²) in [6, 6.07) is 1.18. The van der Waals surface area contributed by atoms with Crippen LogP contribution in [0.15, 0.2) is 11.2 Å². The molecule has 0 radical (unpaired) electrons. The third-order valence-electron chi connectivity index (χ3n) is 4.03. The largest absolute Gasteiger partial charge is 0.310 e. The van der Waals surface area contributed by atoms with E-state index in [4.69, 9.17) is 0 Å². The molecule has 0 bridgehead atoms. The summed E-state index contributed by atoms with van der Waals surface area (Å²) in [4.78, 5) is 2.20. The second-order valence-corrected chi connectivity index (χ2v) is 7.69. The van der Waals surface area contributed by atoms with E-state index in [9.17, 15) is 8.42 Å². The van der Waals surface area contributed by atoms with Gasteiger partial charge in [0.05, 0.1) is 6.20 Å². The molecule has 0 aliphatic heterocycles. The molecular weight excluding hydrogens is 290 g/mol.